The van der Waals surface area contributed by atoms with Crippen molar-refractivity contribution >= 4 is 17.3 Å². The smallest absolute Gasteiger partial charge is 0.252 e. The van der Waals surface area contributed by atoms with Gasteiger partial charge in [0.25, 0.3) is 5.78 Å². The van der Waals surface area contributed by atoms with Crippen LogP contribution in [0.3, 0.4) is 0 Å². The van der Waals surface area contributed by atoms with E-state index in [0.29, 0.717) is 42.9 Å². The third kappa shape index (κ3) is 6.74. The Morgan fingerprint density at radius 1 is 1.14 bits per heavy atom. The maximum Gasteiger partial charge on any atom is 0.252 e. The van der Waals surface area contributed by atoms with Crippen LogP contribution in [0.25, 0.3) is 11.5 Å². The predicted molar refractivity (Wildman–Crippen MR) is 168 cm³/mol. The molecule has 1 aliphatic carbocycles. The molecule has 4 aliphatic rings. The highest BCUT2D eigenvalue weighted by Gasteiger charge is 2.39. The Morgan fingerprint density at radius 2 is 1.89 bits per heavy atom. The van der Waals surface area contributed by atoms with Crippen molar-refractivity contribution in [1.29, 1.82) is 0 Å². The number of allylic oxidation sites excluding steroid dienone is 1. The standard InChI is InChI=1S/C26H35F2N9.C6H11N/c1-4-36-22(9-12-29-36)16(2)30-23(18-7-10-26(27,28)11-8-18)21-15-37-25(32-21)33-24(17(3)34-37)35-13-19-5-6-20(14-35)31-19;1-6-4-2-3-5-7-6/h9,12,15,18-20,23,30-31H,2,4-8,10-11,13-14H2,1,3H3;7H,1-5H2. The number of aromatic nitrogens is 6. The van der Waals surface area contributed by atoms with Crippen LogP contribution in [0.1, 0.15) is 87.8 Å². The summed E-state index contributed by atoms with van der Waals surface area (Å²) < 4.78 is 31.6. The zero-order valence-electron chi connectivity index (χ0n) is 26.0. The SMILES string of the molecule is C=C(NC(c1cn2nc(C)c(N3CC4CCC(C3)N4)nc2n1)C1CCC(F)(F)CC1)c1ccnn1CC.C=C1CCCCN1. The fourth-order valence-corrected chi connectivity index (χ4v) is 7.08. The number of piperidine rings is 1. The molecule has 3 N–H and O–H groups in total. The van der Waals surface area contributed by atoms with Crippen LogP contribution < -0.4 is 20.9 Å². The molecule has 3 unspecified atom stereocenters. The van der Waals surface area contributed by atoms with Gasteiger partial charge in [-0.25, -0.2) is 18.3 Å². The number of hydrogen-bond acceptors (Lipinski definition) is 8. The van der Waals surface area contributed by atoms with E-state index in [1.54, 1.807) is 10.7 Å². The molecule has 4 fully saturated rings. The van der Waals surface area contributed by atoms with Crippen molar-refractivity contribution in [2.24, 2.45) is 5.92 Å². The average molecular weight is 609 g/mol. The molecule has 3 atom stereocenters. The minimum absolute atomic E-state index is 0.0105. The van der Waals surface area contributed by atoms with E-state index in [-0.39, 0.29) is 24.8 Å². The molecule has 10 nitrogen and oxygen atoms in total. The van der Waals surface area contributed by atoms with Gasteiger partial charge in [0.15, 0.2) is 5.82 Å². The fourth-order valence-electron chi connectivity index (χ4n) is 7.08. The number of rotatable bonds is 7. The maximum atomic E-state index is 14.0. The van der Waals surface area contributed by atoms with E-state index < -0.39 is 5.92 Å². The lowest BCUT2D eigenvalue weighted by atomic mass is 9.81. The van der Waals surface area contributed by atoms with Crippen molar-refractivity contribution in [3.63, 3.8) is 0 Å². The monoisotopic (exact) mass is 608 g/mol. The van der Waals surface area contributed by atoms with E-state index in [2.05, 4.69) is 39.1 Å². The number of nitrogens with zero attached hydrogens (tertiary/aromatic N) is 7. The third-order valence-corrected chi connectivity index (χ3v) is 9.48. The minimum atomic E-state index is -2.60. The Bertz CT molecular complexity index is 1450. The van der Waals surface area contributed by atoms with Gasteiger partial charge in [-0.1, -0.05) is 13.2 Å². The number of alkyl halides is 2. The molecule has 0 radical (unpaired) electrons. The minimum Gasteiger partial charge on any atom is -0.389 e. The highest BCUT2D eigenvalue weighted by Crippen LogP contribution is 2.42. The largest absolute Gasteiger partial charge is 0.389 e. The van der Waals surface area contributed by atoms with E-state index in [0.717, 1.165) is 42.5 Å². The molecule has 3 aliphatic heterocycles. The van der Waals surface area contributed by atoms with E-state index in [4.69, 9.17) is 15.1 Å². The van der Waals surface area contributed by atoms with Crippen LogP contribution >= 0.6 is 0 Å². The summed E-state index contributed by atoms with van der Waals surface area (Å²) in [7, 11) is 0. The Morgan fingerprint density at radius 3 is 2.52 bits per heavy atom. The molecule has 0 amide bonds. The van der Waals surface area contributed by atoms with Crippen LogP contribution in [0.2, 0.25) is 0 Å². The van der Waals surface area contributed by atoms with Gasteiger partial charge < -0.3 is 20.9 Å². The molecule has 2 bridgehead atoms. The van der Waals surface area contributed by atoms with Crippen molar-refractivity contribution in [3.8, 4) is 0 Å². The number of nitrogens with one attached hydrogen (secondary N) is 3. The topological polar surface area (TPSA) is 100 Å². The summed E-state index contributed by atoms with van der Waals surface area (Å²) in [5, 5.41) is 19.5. The molecule has 238 valence electrons. The number of halogens is 2. The second-order valence-corrected chi connectivity index (χ2v) is 12.8. The summed E-state index contributed by atoms with van der Waals surface area (Å²) in [6.07, 6.45) is 10.4. The van der Waals surface area contributed by atoms with E-state index >= 15 is 0 Å². The summed E-state index contributed by atoms with van der Waals surface area (Å²) in [6.45, 7) is 15.8. The average Bonchev–Trinajstić information content (AvgIpc) is 3.74. The van der Waals surface area contributed by atoms with E-state index in [1.165, 1.54) is 37.8 Å². The fraction of sp³-hybridized carbons (Fsp3) is 0.625. The summed E-state index contributed by atoms with van der Waals surface area (Å²) >= 11 is 0. The highest BCUT2D eigenvalue weighted by atomic mass is 19.3. The van der Waals surface area contributed by atoms with Gasteiger partial charge in [0.05, 0.1) is 29.3 Å². The van der Waals surface area contributed by atoms with Crippen molar-refractivity contribution in [2.45, 2.75) is 102 Å². The molecule has 0 spiro atoms. The van der Waals surface area contributed by atoms with Crippen LogP contribution in [0.15, 0.2) is 37.3 Å². The second kappa shape index (κ2) is 12.8. The highest BCUT2D eigenvalue weighted by molar-refractivity contribution is 5.59. The number of hydrogen-bond donors (Lipinski definition) is 3. The molecule has 44 heavy (non-hydrogen) atoms. The van der Waals surface area contributed by atoms with Gasteiger partial charge in [0.2, 0.25) is 5.92 Å². The normalized spacial score (nSPS) is 24.0. The first kappa shape index (κ1) is 30.5. The van der Waals surface area contributed by atoms with Crippen LogP contribution in [0.4, 0.5) is 14.6 Å². The molecule has 6 heterocycles. The van der Waals surface area contributed by atoms with Gasteiger partial charge in [0.1, 0.15) is 5.69 Å². The maximum absolute atomic E-state index is 14.0. The molecule has 1 saturated carbocycles. The first-order valence-corrected chi connectivity index (χ1v) is 16.2. The van der Waals surface area contributed by atoms with Crippen LogP contribution in [-0.4, -0.2) is 67.0 Å². The number of piperazine rings is 1. The summed E-state index contributed by atoms with van der Waals surface area (Å²) in [5.41, 5.74) is 4.39. The third-order valence-electron chi connectivity index (χ3n) is 9.48. The molecule has 7 rings (SSSR count). The van der Waals surface area contributed by atoms with E-state index in [1.807, 2.05) is 30.8 Å². The summed E-state index contributed by atoms with van der Waals surface area (Å²) in [5.74, 6) is -1.21. The number of imidazole rings is 1. The Labute approximate surface area is 258 Å². The number of aryl methyl sites for hydroxylation is 2. The van der Waals surface area contributed by atoms with Crippen molar-refractivity contribution in [3.05, 3.63) is 54.4 Å². The second-order valence-electron chi connectivity index (χ2n) is 12.8. The first-order chi connectivity index (χ1) is 21.2. The molecular weight excluding hydrogens is 562 g/mol. The molecule has 3 saturated heterocycles. The van der Waals surface area contributed by atoms with Crippen molar-refractivity contribution in [1.82, 2.24) is 45.3 Å². The van der Waals surface area contributed by atoms with Crippen LogP contribution in [-0.2, 0) is 6.54 Å². The molecular formula is C32H46F2N10. The van der Waals surface area contributed by atoms with E-state index in [9.17, 15) is 8.78 Å². The van der Waals surface area contributed by atoms with Gasteiger partial charge in [-0.3, -0.25) is 4.68 Å². The van der Waals surface area contributed by atoms with Crippen molar-refractivity contribution < 1.29 is 8.78 Å². The predicted octanol–water partition coefficient (Wildman–Crippen LogP) is 4.99. The van der Waals surface area contributed by atoms with Gasteiger partial charge in [0, 0.05) is 63.0 Å². The van der Waals surface area contributed by atoms with Crippen LogP contribution in [0.5, 0.6) is 0 Å². The Kier molecular flexibility index (Phi) is 8.89. The Balaban J connectivity index is 0.000000433. The lowest BCUT2D eigenvalue weighted by Crippen LogP contribution is -2.51. The van der Waals surface area contributed by atoms with Gasteiger partial charge in [-0.15, -0.1) is 0 Å². The molecule has 12 heteroatoms. The summed E-state index contributed by atoms with van der Waals surface area (Å²) in [6, 6.07) is 2.61. The molecule has 0 aromatic carbocycles. The molecule has 3 aromatic heterocycles. The lowest BCUT2D eigenvalue weighted by Gasteiger charge is -2.34. The summed E-state index contributed by atoms with van der Waals surface area (Å²) in [4.78, 5) is 12.1. The van der Waals surface area contributed by atoms with Gasteiger partial charge in [-0.2, -0.15) is 15.2 Å². The first-order valence-electron chi connectivity index (χ1n) is 16.2. The molecule has 3 aromatic rings. The number of fused-ring (bicyclic) bond motifs is 3. The number of anilines is 1. The van der Waals surface area contributed by atoms with Crippen molar-refractivity contribution in [2.75, 3.05) is 24.5 Å². The van der Waals surface area contributed by atoms with Crippen LogP contribution in [0, 0.1) is 12.8 Å². The Hall–Kier alpha value is -3.54. The lowest BCUT2D eigenvalue weighted by molar-refractivity contribution is -0.0493. The van der Waals surface area contributed by atoms with Gasteiger partial charge >= 0.3 is 0 Å². The zero-order valence-corrected chi connectivity index (χ0v) is 26.0. The van der Waals surface area contributed by atoms with Gasteiger partial charge in [-0.05, 0) is 70.8 Å². The zero-order chi connectivity index (χ0) is 30.8. The quantitative estimate of drug-likeness (QED) is 0.345.